The number of ether oxygens (including phenoxy) is 1. The second-order valence-electron chi connectivity index (χ2n) is 10.2. The molecule has 0 unspecified atom stereocenters. The molecule has 1 aromatic carbocycles. The van der Waals surface area contributed by atoms with Crippen molar-refractivity contribution in [1.29, 1.82) is 0 Å². The van der Waals surface area contributed by atoms with Gasteiger partial charge in [0.25, 0.3) is 5.91 Å². The molecule has 3 aromatic rings. The molecule has 4 heterocycles. The number of carbonyl (C=O) groups excluding carboxylic acids is 1. The molecule has 9 heteroatoms. The molecule has 1 atom stereocenters. The average molecular weight is 536 g/mol. The fourth-order valence-electron chi connectivity index (χ4n) is 5.65. The topological polar surface area (TPSA) is 90.8 Å². The number of aromatic nitrogens is 2. The van der Waals surface area contributed by atoms with Crippen LogP contribution < -0.4 is 15.0 Å². The van der Waals surface area contributed by atoms with E-state index in [1.807, 2.05) is 48.7 Å². The van der Waals surface area contributed by atoms with E-state index in [0.29, 0.717) is 29.9 Å². The fourth-order valence-corrected chi connectivity index (χ4v) is 6.26. The van der Waals surface area contributed by atoms with Crippen LogP contribution in [0.3, 0.4) is 0 Å². The van der Waals surface area contributed by atoms with Gasteiger partial charge in [-0.2, -0.15) is 0 Å². The Morgan fingerprint density at radius 2 is 1.95 bits per heavy atom. The monoisotopic (exact) mass is 535 g/mol. The summed E-state index contributed by atoms with van der Waals surface area (Å²) < 4.78 is 5.59. The van der Waals surface area contributed by atoms with Crippen molar-refractivity contribution < 1.29 is 14.6 Å². The molecule has 0 bridgehead atoms. The highest BCUT2D eigenvalue weighted by Gasteiger charge is 2.30. The number of hydrogen-bond acceptors (Lipinski definition) is 8. The Hall–Kier alpha value is -3.01. The Bertz CT molecular complexity index is 1240. The van der Waals surface area contributed by atoms with Gasteiger partial charge in [-0.25, -0.2) is 9.97 Å². The maximum absolute atomic E-state index is 13.4. The summed E-state index contributed by atoms with van der Waals surface area (Å²) in [6, 6.07) is 12.1. The highest BCUT2D eigenvalue weighted by atomic mass is 32.1. The molecule has 2 N–H and O–H groups in total. The summed E-state index contributed by atoms with van der Waals surface area (Å²) in [4.78, 5) is 27.7. The largest absolute Gasteiger partial charge is 0.496 e. The molecule has 5 rings (SSSR count). The maximum Gasteiger partial charge on any atom is 0.255 e. The number of hydrogen-bond donors (Lipinski definition) is 2. The molecule has 38 heavy (non-hydrogen) atoms. The third kappa shape index (κ3) is 6.00. The van der Waals surface area contributed by atoms with Gasteiger partial charge in [-0.3, -0.25) is 9.69 Å². The summed E-state index contributed by atoms with van der Waals surface area (Å²) >= 11 is 1.58. The number of aliphatic hydroxyl groups is 1. The first-order chi connectivity index (χ1) is 18.6. The summed E-state index contributed by atoms with van der Waals surface area (Å²) in [6.45, 7) is 6.37. The second kappa shape index (κ2) is 12.2. The van der Waals surface area contributed by atoms with E-state index in [-0.39, 0.29) is 12.5 Å². The highest BCUT2D eigenvalue weighted by molar-refractivity contribution is 7.09. The number of benzene rings is 1. The van der Waals surface area contributed by atoms with Crippen molar-refractivity contribution in [3.8, 4) is 17.0 Å². The zero-order valence-corrected chi connectivity index (χ0v) is 23.0. The Kier molecular flexibility index (Phi) is 8.56. The number of para-hydroxylation sites is 1. The second-order valence-corrected chi connectivity index (χ2v) is 11.3. The Morgan fingerprint density at radius 1 is 1.13 bits per heavy atom. The van der Waals surface area contributed by atoms with Crippen LogP contribution in [0.1, 0.15) is 46.7 Å². The first-order valence-electron chi connectivity index (χ1n) is 13.5. The van der Waals surface area contributed by atoms with Crippen LogP contribution in [0, 0.1) is 12.8 Å². The lowest BCUT2D eigenvalue weighted by atomic mass is 9.94. The number of thiazole rings is 1. The van der Waals surface area contributed by atoms with Crippen LogP contribution in [0.2, 0.25) is 0 Å². The van der Waals surface area contributed by atoms with E-state index >= 15 is 0 Å². The summed E-state index contributed by atoms with van der Waals surface area (Å²) in [6.07, 6.45) is 4.29. The van der Waals surface area contributed by atoms with Gasteiger partial charge in [0.05, 0.1) is 35.6 Å². The fraction of sp³-hybridized carbons (Fsp3) is 0.483. The zero-order chi connectivity index (χ0) is 26.5. The van der Waals surface area contributed by atoms with Crippen LogP contribution in [0.4, 0.5) is 5.82 Å². The zero-order valence-electron chi connectivity index (χ0n) is 22.2. The van der Waals surface area contributed by atoms with Crippen molar-refractivity contribution in [3.63, 3.8) is 0 Å². The molecular weight excluding hydrogens is 498 g/mol. The van der Waals surface area contributed by atoms with Gasteiger partial charge in [0.15, 0.2) is 0 Å². The summed E-state index contributed by atoms with van der Waals surface area (Å²) in [5, 5.41) is 15.7. The van der Waals surface area contributed by atoms with Crippen LogP contribution in [0.5, 0.6) is 5.75 Å². The van der Waals surface area contributed by atoms with E-state index in [0.717, 1.165) is 79.6 Å². The van der Waals surface area contributed by atoms with Crippen molar-refractivity contribution in [1.82, 2.24) is 20.2 Å². The van der Waals surface area contributed by atoms with Crippen LogP contribution in [0.15, 0.2) is 41.8 Å². The molecule has 0 saturated carbocycles. The van der Waals surface area contributed by atoms with Crippen LogP contribution in [-0.2, 0) is 6.54 Å². The third-order valence-corrected chi connectivity index (χ3v) is 8.51. The summed E-state index contributed by atoms with van der Waals surface area (Å²) in [5.74, 6) is 1.71. The maximum atomic E-state index is 13.4. The van der Waals surface area contributed by atoms with Crippen molar-refractivity contribution in [2.24, 2.45) is 5.92 Å². The van der Waals surface area contributed by atoms with Crippen molar-refractivity contribution in [2.45, 2.75) is 45.2 Å². The molecule has 0 radical (unpaired) electrons. The van der Waals surface area contributed by atoms with Crippen molar-refractivity contribution in [3.05, 3.63) is 58.0 Å². The van der Waals surface area contributed by atoms with Crippen molar-refractivity contribution in [2.75, 3.05) is 44.8 Å². The SMILES string of the molecule is COc1ccccc1-c1ccc(C(=O)NCc2csc(C)n2)c(N2CCC(N3CCC[C@H](CO)C3)CC2)n1. The molecule has 202 valence electrons. The number of aliphatic hydroxyl groups excluding tert-OH is 1. The minimum Gasteiger partial charge on any atom is -0.496 e. The predicted molar refractivity (Wildman–Crippen MR) is 151 cm³/mol. The van der Waals surface area contributed by atoms with Gasteiger partial charge in [-0.05, 0) is 69.3 Å². The van der Waals surface area contributed by atoms with E-state index in [1.165, 1.54) is 0 Å². The predicted octanol–water partition coefficient (Wildman–Crippen LogP) is 4.13. The number of nitrogens with one attached hydrogen (secondary N) is 1. The van der Waals surface area contributed by atoms with Gasteiger partial charge in [0.2, 0.25) is 0 Å². The van der Waals surface area contributed by atoms with Crippen LogP contribution in [-0.4, -0.2) is 71.8 Å². The number of amides is 1. The van der Waals surface area contributed by atoms with Gasteiger partial charge in [-0.1, -0.05) is 12.1 Å². The Labute approximate surface area is 228 Å². The molecule has 8 nitrogen and oxygen atoms in total. The molecule has 2 aliphatic rings. The quantitative estimate of drug-likeness (QED) is 0.448. The molecule has 2 fully saturated rings. The number of carbonyl (C=O) groups is 1. The van der Waals surface area contributed by atoms with Crippen LogP contribution >= 0.6 is 11.3 Å². The minimum absolute atomic E-state index is 0.145. The lowest BCUT2D eigenvalue weighted by Gasteiger charge is -2.42. The molecule has 2 aromatic heterocycles. The van der Waals surface area contributed by atoms with Gasteiger partial charge >= 0.3 is 0 Å². The summed E-state index contributed by atoms with van der Waals surface area (Å²) in [5.41, 5.74) is 3.13. The number of rotatable bonds is 8. The van der Waals surface area contributed by atoms with Gasteiger partial charge in [0.1, 0.15) is 11.6 Å². The lowest BCUT2D eigenvalue weighted by molar-refractivity contribution is 0.0777. The smallest absolute Gasteiger partial charge is 0.255 e. The number of pyridine rings is 1. The van der Waals surface area contributed by atoms with Gasteiger partial charge in [-0.15, -0.1) is 11.3 Å². The third-order valence-electron chi connectivity index (χ3n) is 7.69. The molecule has 1 amide bonds. The number of likely N-dealkylation sites (tertiary alicyclic amines) is 1. The molecule has 2 saturated heterocycles. The van der Waals surface area contributed by atoms with Gasteiger partial charge < -0.3 is 20.1 Å². The van der Waals surface area contributed by atoms with E-state index in [1.54, 1.807) is 18.4 Å². The van der Waals surface area contributed by atoms with E-state index in [2.05, 4.69) is 20.1 Å². The highest BCUT2D eigenvalue weighted by Crippen LogP contribution is 2.33. The Morgan fingerprint density at radius 3 is 2.68 bits per heavy atom. The molecular formula is C29H37N5O3S. The van der Waals surface area contributed by atoms with E-state index in [4.69, 9.17) is 9.72 Å². The molecule has 0 aliphatic carbocycles. The summed E-state index contributed by atoms with van der Waals surface area (Å²) in [7, 11) is 1.66. The lowest BCUT2D eigenvalue weighted by Crippen LogP contribution is -2.49. The van der Waals surface area contributed by atoms with E-state index in [9.17, 15) is 9.90 Å². The number of piperidine rings is 2. The van der Waals surface area contributed by atoms with Crippen molar-refractivity contribution >= 4 is 23.1 Å². The minimum atomic E-state index is -0.145. The van der Waals surface area contributed by atoms with Gasteiger partial charge in [0, 0.05) is 43.2 Å². The Balaban J connectivity index is 1.37. The normalized spacial score (nSPS) is 18.9. The standard InChI is InChI=1S/C29H37N5O3S/c1-20-31-22(19-38-20)16-30-29(36)25-9-10-26(24-7-3-4-8-27(24)37-2)32-28(25)33-14-11-23(12-15-33)34-13-5-6-21(17-34)18-35/h3-4,7-10,19,21,23,35H,5-6,11-18H2,1-2H3,(H,30,36)/t21-/m0/s1. The number of anilines is 1. The van der Waals surface area contributed by atoms with E-state index < -0.39 is 0 Å². The number of methoxy groups -OCH3 is 1. The number of aryl methyl sites for hydroxylation is 1. The van der Waals surface area contributed by atoms with Crippen LogP contribution in [0.25, 0.3) is 11.3 Å². The molecule has 2 aliphatic heterocycles. The first kappa shape index (κ1) is 26.6. The molecule has 0 spiro atoms. The number of nitrogens with zero attached hydrogens (tertiary/aromatic N) is 4. The average Bonchev–Trinajstić information content (AvgIpc) is 3.40. The first-order valence-corrected chi connectivity index (χ1v) is 14.4.